The molecule has 0 amide bonds. The fourth-order valence-corrected chi connectivity index (χ4v) is 3.20. The number of aromatic nitrogens is 3. The summed E-state index contributed by atoms with van der Waals surface area (Å²) in [5.74, 6) is -0.734. The fraction of sp³-hybridized carbons (Fsp3) is 0.333. The van der Waals surface area contributed by atoms with Crippen molar-refractivity contribution in [3.63, 3.8) is 0 Å². The molecule has 8 heteroatoms. The summed E-state index contributed by atoms with van der Waals surface area (Å²) in [7, 11) is 0. The number of aliphatic hydroxyl groups excluding tert-OH is 1. The van der Waals surface area contributed by atoms with Crippen molar-refractivity contribution in [1.82, 2.24) is 14.6 Å². The minimum Gasteiger partial charge on any atom is -0.393 e. The molecule has 4 rings (SSSR count). The van der Waals surface area contributed by atoms with Crippen LogP contribution in [-0.4, -0.2) is 31.9 Å². The molecule has 3 N–H and O–H groups in total. The Morgan fingerprint density at radius 3 is 2.62 bits per heavy atom. The topological polar surface area (TPSA) is 74.5 Å². The van der Waals surface area contributed by atoms with Crippen LogP contribution < -0.4 is 10.6 Å². The van der Waals surface area contributed by atoms with Gasteiger partial charge in [0.25, 0.3) is 0 Å². The zero-order valence-electron chi connectivity index (χ0n) is 14.0. The third-order valence-corrected chi connectivity index (χ3v) is 4.58. The normalized spacial score (nSPS) is 20.3. The van der Waals surface area contributed by atoms with E-state index in [9.17, 15) is 13.9 Å². The molecule has 0 saturated heterocycles. The quantitative estimate of drug-likeness (QED) is 0.665. The van der Waals surface area contributed by atoms with E-state index in [1.54, 1.807) is 4.52 Å². The van der Waals surface area contributed by atoms with Gasteiger partial charge < -0.3 is 15.7 Å². The number of pyridine rings is 1. The lowest BCUT2D eigenvalue weighted by molar-refractivity contribution is 0.126. The van der Waals surface area contributed by atoms with E-state index >= 15 is 0 Å². The molecule has 1 saturated carbocycles. The van der Waals surface area contributed by atoms with E-state index in [1.165, 1.54) is 6.07 Å². The molecule has 136 valence electrons. The average Bonchev–Trinajstić information content (AvgIpc) is 3.04. The Hall–Kier alpha value is -2.74. The molecule has 0 atom stereocenters. The second-order valence-corrected chi connectivity index (χ2v) is 6.52. The van der Waals surface area contributed by atoms with Gasteiger partial charge in [0, 0.05) is 17.8 Å². The van der Waals surface area contributed by atoms with Crippen LogP contribution in [0.1, 0.15) is 25.7 Å². The maximum Gasteiger partial charge on any atom is 0.247 e. The third kappa shape index (κ3) is 3.45. The van der Waals surface area contributed by atoms with E-state index in [1.807, 2.05) is 18.2 Å². The lowest BCUT2D eigenvalue weighted by Crippen LogP contribution is -2.29. The zero-order chi connectivity index (χ0) is 18.1. The Balaban J connectivity index is 1.56. The van der Waals surface area contributed by atoms with Gasteiger partial charge in [-0.1, -0.05) is 6.07 Å². The van der Waals surface area contributed by atoms with Crippen molar-refractivity contribution < 1.29 is 13.9 Å². The average molecular weight is 359 g/mol. The highest BCUT2D eigenvalue weighted by molar-refractivity contribution is 5.58. The van der Waals surface area contributed by atoms with Crippen LogP contribution in [0.25, 0.3) is 5.65 Å². The highest BCUT2D eigenvalue weighted by atomic mass is 19.2. The van der Waals surface area contributed by atoms with Crippen molar-refractivity contribution in [2.45, 2.75) is 37.8 Å². The lowest BCUT2D eigenvalue weighted by atomic mass is 9.93. The molecule has 0 unspecified atom stereocenters. The summed E-state index contributed by atoms with van der Waals surface area (Å²) < 4.78 is 28.1. The van der Waals surface area contributed by atoms with Gasteiger partial charge >= 0.3 is 0 Å². The molecule has 1 aromatic carbocycles. The van der Waals surface area contributed by atoms with E-state index in [0.717, 1.165) is 43.6 Å². The third-order valence-electron chi connectivity index (χ3n) is 4.58. The van der Waals surface area contributed by atoms with Gasteiger partial charge in [-0.2, -0.15) is 9.50 Å². The minimum absolute atomic E-state index is 0.206. The van der Waals surface area contributed by atoms with Crippen LogP contribution in [0, 0.1) is 11.6 Å². The summed E-state index contributed by atoms with van der Waals surface area (Å²) in [5.41, 5.74) is 1.01. The van der Waals surface area contributed by atoms with E-state index in [0.29, 0.717) is 17.3 Å². The Kier molecular flexibility index (Phi) is 4.42. The molecule has 0 radical (unpaired) electrons. The summed E-state index contributed by atoms with van der Waals surface area (Å²) in [6.45, 7) is 0. The van der Waals surface area contributed by atoms with Crippen LogP contribution in [0.4, 0.5) is 26.2 Å². The molecule has 2 heterocycles. The Labute approximate surface area is 148 Å². The molecular weight excluding hydrogens is 340 g/mol. The number of hydrogen-bond donors (Lipinski definition) is 3. The number of benzene rings is 1. The van der Waals surface area contributed by atoms with E-state index in [4.69, 9.17) is 0 Å². The molecule has 2 aromatic heterocycles. The first-order valence-electron chi connectivity index (χ1n) is 8.61. The van der Waals surface area contributed by atoms with Gasteiger partial charge in [0.1, 0.15) is 5.82 Å². The first-order chi connectivity index (χ1) is 12.6. The highest BCUT2D eigenvalue weighted by Crippen LogP contribution is 2.23. The predicted octanol–water partition coefficient (Wildman–Crippen LogP) is 3.47. The Morgan fingerprint density at radius 2 is 1.85 bits per heavy atom. The van der Waals surface area contributed by atoms with Crippen molar-refractivity contribution in [2.75, 3.05) is 10.6 Å². The predicted molar refractivity (Wildman–Crippen MR) is 94.5 cm³/mol. The maximum atomic E-state index is 13.3. The van der Waals surface area contributed by atoms with Crippen LogP contribution in [-0.2, 0) is 0 Å². The molecule has 1 fully saturated rings. The Morgan fingerprint density at radius 1 is 1.04 bits per heavy atom. The number of nitrogens with one attached hydrogen (secondary N) is 2. The number of fused-ring (bicyclic) bond motifs is 1. The van der Waals surface area contributed by atoms with Gasteiger partial charge in [0.2, 0.25) is 5.95 Å². The lowest BCUT2D eigenvalue weighted by Gasteiger charge is -2.26. The minimum atomic E-state index is -0.930. The highest BCUT2D eigenvalue weighted by Gasteiger charge is 2.20. The monoisotopic (exact) mass is 359 g/mol. The van der Waals surface area contributed by atoms with Gasteiger partial charge in [0.15, 0.2) is 17.3 Å². The summed E-state index contributed by atoms with van der Waals surface area (Å²) >= 11 is 0. The molecule has 0 bridgehead atoms. The number of halogens is 2. The van der Waals surface area contributed by atoms with E-state index in [2.05, 4.69) is 20.7 Å². The van der Waals surface area contributed by atoms with Crippen molar-refractivity contribution in [1.29, 1.82) is 0 Å². The SMILES string of the molecule is OC1CCC(Nc2cccc3nc(Nc4ccc(F)c(F)c4)nn23)CC1. The van der Waals surface area contributed by atoms with Crippen molar-refractivity contribution in [2.24, 2.45) is 0 Å². The molecule has 3 aromatic rings. The summed E-state index contributed by atoms with van der Waals surface area (Å²) in [4.78, 5) is 4.37. The van der Waals surface area contributed by atoms with Crippen LogP contribution in [0.5, 0.6) is 0 Å². The molecule has 6 nitrogen and oxygen atoms in total. The van der Waals surface area contributed by atoms with E-state index < -0.39 is 11.6 Å². The maximum absolute atomic E-state index is 13.3. The zero-order valence-corrected chi connectivity index (χ0v) is 14.0. The van der Waals surface area contributed by atoms with Crippen LogP contribution in [0.15, 0.2) is 36.4 Å². The molecular formula is C18H19F2N5O. The van der Waals surface area contributed by atoms with Gasteiger partial charge in [-0.25, -0.2) is 8.78 Å². The van der Waals surface area contributed by atoms with Gasteiger partial charge in [0.05, 0.1) is 6.10 Å². The number of rotatable bonds is 4. The second kappa shape index (κ2) is 6.87. The van der Waals surface area contributed by atoms with Crippen LogP contribution >= 0.6 is 0 Å². The van der Waals surface area contributed by atoms with Gasteiger partial charge in [-0.15, -0.1) is 5.10 Å². The first-order valence-corrected chi connectivity index (χ1v) is 8.61. The molecule has 0 spiro atoms. The van der Waals surface area contributed by atoms with Gasteiger partial charge in [-0.05, 0) is 49.9 Å². The van der Waals surface area contributed by atoms with Crippen LogP contribution in [0.3, 0.4) is 0 Å². The summed E-state index contributed by atoms with van der Waals surface area (Å²) in [6.07, 6.45) is 3.16. The fourth-order valence-electron chi connectivity index (χ4n) is 3.20. The van der Waals surface area contributed by atoms with Crippen molar-refractivity contribution >= 4 is 23.1 Å². The molecule has 1 aliphatic rings. The number of aliphatic hydroxyl groups is 1. The largest absolute Gasteiger partial charge is 0.393 e. The van der Waals surface area contributed by atoms with Gasteiger partial charge in [-0.3, -0.25) is 0 Å². The standard InChI is InChI=1S/C18H19F2N5O/c19-14-9-6-12(10-15(14)20)22-18-23-17-3-1-2-16(25(17)24-18)21-11-4-7-13(26)8-5-11/h1-3,6,9-11,13,21,26H,4-5,7-8H2,(H,22,24). The molecule has 26 heavy (non-hydrogen) atoms. The summed E-state index contributed by atoms with van der Waals surface area (Å²) in [5, 5.41) is 20.4. The molecule has 1 aliphatic carbocycles. The first kappa shape index (κ1) is 16.7. The van der Waals surface area contributed by atoms with Crippen molar-refractivity contribution in [3.05, 3.63) is 48.0 Å². The Bertz CT molecular complexity index is 921. The summed E-state index contributed by atoms with van der Waals surface area (Å²) in [6, 6.07) is 9.43. The van der Waals surface area contributed by atoms with E-state index in [-0.39, 0.29) is 12.1 Å². The van der Waals surface area contributed by atoms with Crippen LogP contribution in [0.2, 0.25) is 0 Å². The smallest absolute Gasteiger partial charge is 0.247 e. The second-order valence-electron chi connectivity index (χ2n) is 6.52. The van der Waals surface area contributed by atoms with Crippen molar-refractivity contribution in [3.8, 4) is 0 Å². The number of nitrogens with zero attached hydrogens (tertiary/aromatic N) is 3. The number of anilines is 3. The number of hydrogen-bond acceptors (Lipinski definition) is 5. The molecule has 0 aliphatic heterocycles.